The van der Waals surface area contributed by atoms with Crippen molar-refractivity contribution in [1.82, 2.24) is 9.66 Å². The van der Waals surface area contributed by atoms with Crippen molar-refractivity contribution < 1.29 is 9.66 Å². The lowest BCUT2D eigenvalue weighted by Crippen LogP contribution is -2.23. The summed E-state index contributed by atoms with van der Waals surface area (Å²) in [7, 11) is 0. The second-order valence-corrected chi connectivity index (χ2v) is 11.5. The summed E-state index contributed by atoms with van der Waals surface area (Å²) in [6, 6.07) is 13.6. The molecule has 0 fully saturated rings. The molecule has 4 aromatic rings. The lowest BCUT2D eigenvalue weighted by Gasteiger charge is -2.14. The molecule has 0 spiro atoms. The van der Waals surface area contributed by atoms with E-state index >= 15 is 0 Å². The third-order valence-electron chi connectivity index (χ3n) is 5.84. The first-order chi connectivity index (χ1) is 18.1. The Bertz CT molecular complexity index is 1640. The van der Waals surface area contributed by atoms with E-state index in [2.05, 4.69) is 57.9 Å². The van der Waals surface area contributed by atoms with E-state index < -0.39 is 4.92 Å². The van der Waals surface area contributed by atoms with Crippen LogP contribution in [0.5, 0.6) is 5.75 Å². The molecule has 0 aliphatic heterocycles. The summed E-state index contributed by atoms with van der Waals surface area (Å²) in [6.07, 6.45) is 2.09. The molecule has 0 aliphatic carbocycles. The van der Waals surface area contributed by atoms with Crippen LogP contribution in [0.3, 0.4) is 0 Å². The number of ether oxygens (including phenoxy) is 1. The summed E-state index contributed by atoms with van der Waals surface area (Å²) in [5.41, 5.74) is 1.02. The van der Waals surface area contributed by atoms with E-state index in [0.29, 0.717) is 22.3 Å². The number of fused-ring (bicyclic) bond motifs is 1. The molecule has 38 heavy (non-hydrogen) atoms. The molecule has 0 unspecified atom stereocenters. The topological polar surface area (TPSA) is 99.6 Å². The number of hydrogen-bond acceptors (Lipinski definition) is 6. The van der Waals surface area contributed by atoms with Crippen LogP contribution in [-0.4, -0.2) is 20.8 Å². The summed E-state index contributed by atoms with van der Waals surface area (Å²) < 4.78 is 9.40. The van der Waals surface area contributed by atoms with E-state index in [1.807, 2.05) is 38.1 Å². The van der Waals surface area contributed by atoms with Gasteiger partial charge in [-0.1, -0.05) is 79.3 Å². The van der Waals surface area contributed by atoms with Gasteiger partial charge in [0.05, 0.1) is 27.1 Å². The van der Waals surface area contributed by atoms with Crippen molar-refractivity contribution in [1.29, 1.82) is 0 Å². The predicted molar refractivity (Wildman–Crippen MR) is 160 cm³/mol. The maximum atomic E-state index is 13.3. The summed E-state index contributed by atoms with van der Waals surface area (Å²) in [6.45, 7) is 4.01. The highest BCUT2D eigenvalue weighted by atomic mass is 79.9. The predicted octanol–water partition coefficient (Wildman–Crippen LogP) is 8.22. The number of nitrogens with zero attached hydrogens (tertiary/aromatic N) is 4. The zero-order chi connectivity index (χ0) is 27.6. The summed E-state index contributed by atoms with van der Waals surface area (Å²) in [4.78, 5) is 29.3. The van der Waals surface area contributed by atoms with Crippen molar-refractivity contribution in [2.45, 2.75) is 32.8 Å². The fraction of sp³-hybridized carbons (Fsp3) is 0.192. The third-order valence-corrected chi connectivity index (χ3v) is 7.84. The van der Waals surface area contributed by atoms with Crippen molar-refractivity contribution in [3.8, 4) is 5.75 Å². The number of benzene rings is 3. The van der Waals surface area contributed by atoms with Crippen molar-refractivity contribution in [2.24, 2.45) is 5.10 Å². The van der Waals surface area contributed by atoms with Gasteiger partial charge in [0, 0.05) is 36.5 Å². The molecule has 1 atom stereocenters. The van der Waals surface area contributed by atoms with E-state index in [1.165, 1.54) is 23.0 Å². The zero-order valence-electron chi connectivity index (χ0n) is 20.1. The Morgan fingerprint density at radius 1 is 1.16 bits per heavy atom. The van der Waals surface area contributed by atoms with E-state index in [-0.39, 0.29) is 34.5 Å². The van der Waals surface area contributed by atoms with E-state index in [9.17, 15) is 14.9 Å². The van der Waals surface area contributed by atoms with Crippen LogP contribution >= 0.6 is 59.4 Å². The number of hydrogen-bond donors (Lipinski definition) is 0. The summed E-state index contributed by atoms with van der Waals surface area (Å²) in [5, 5.41) is 16.7. The molecule has 196 valence electrons. The Morgan fingerprint density at radius 2 is 1.87 bits per heavy atom. The minimum atomic E-state index is -0.568. The van der Waals surface area contributed by atoms with Crippen LogP contribution in [-0.2, 0) is 6.61 Å². The van der Waals surface area contributed by atoms with Crippen LogP contribution in [0.1, 0.15) is 43.1 Å². The Kier molecular flexibility index (Phi) is 9.02. The smallest absolute Gasteiger partial charge is 0.313 e. The number of nitro benzene ring substituents is 1. The fourth-order valence-corrected chi connectivity index (χ4v) is 5.44. The van der Waals surface area contributed by atoms with Crippen LogP contribution in [0.2, 0.25) is 5.02 Å². The number of aromatic nitrogens is 2. The molecule has 0 saturated carbocycles. The molecule has 1 heterocycles. The molecule has 0 bridgehead atoms. The standard InChI is InChI=1S/C26H20Br3ClN4O4/c1-3-14(2)25-32-22-7-6-17(27)10-19(22)26(35)33(25)31-12-15-8-21(30)24(23(9-15)34(36)37)38-13-16-4-5-18(28)11-20(16)29/h4-12,14H,3,13H2,1-2H3/t14-/m0/s1. The van der Waals surface area contributed by atoms with E-state index in [0.717, 1.165) is 25.4 Å². The second kappa shape index (κ2) is 12.1. The average molecular weight is 728 g/mol. The van der Waals surface area contributed by atoms with Gasteiger partial charge in [-0.25, -0.2) is 4.98 Å². The maximum absolute atomic E-state index is 13.3. The molecule has 0 aliphatic rings. The molecule has 4 rings (SSSR count). The second-order valence-electron chi connectivity index (χ2n) is 8.43. The van der Waals surface area contributed by atoms with Gasteiger partial charge in [0.25, 0.3) is 5.56 Å². The highest BCUT2D eigenvalue weighted by Crippen LogP contribution is 2.37. The molecule has 3 aromatic carbocycles. The largest absolute Gasteiger partial charge is 0.481 e. The molecule has 8 nitrogen and oxygen atoms in total. The lowest BCUT2D eigenvalue weighted by molar-refractivity contribution is -0.385. The van der Waals surface area contributed by atoms with Gasteiger partial charge in [0.15, 0.2) is 0 Å². The zero-order valence-corrected chi connectivity index (χ0v) is 25.6. The average Bonchev–Trinajstić information content (AvgIpc) is 2.87. The Labute approximate surface area is 248 Å². The molecule has 1 aromatic heterocycles. The van der Waals surface area contributed by atoms with Crippen molar-refractivity contribution >= 4 is 82.2 Å². The molecule has 12 heteroatoms. The van der Waals surface area contributed by atoms with Gasteiger partial charge in [-0.2, -0.15) is 9.78 Å². The fourth-order valence-electron chi connectivity index (χ4n) is 3.64. The van der Waals surface area contributed by atoms with E-state index in [1.54, 1.807) is 12.1 Å². The van der Waals surface area contributed by atoms with Gasteiger partial charge in [-0.15, -0.1) is 0 Å². The molecule has 0 saturated heterocycles. The minimum absolute atomic E-state index is 0.0453. The number of halogens is 4. The molecular weight excluding hydrogens is 707 g/mol. The number of rotatable bonds is 8. The van der Waals surface area contributed by atoms with Gasteiger partial charge < -0.3 is 4.74 Å². The Balaban J connectivity index is 1.73. The lowest BCUT2D eigenvalue weighted by atomic mass is 10.1. The van der Waals surface area contributed by atoms with Gasteiger partial charge >= 0.3 is 5.69 Å². The van der Waals surface area contributed by atoms with Crippen molar-refractivity contribution in [2.75, 3.05) is 0 Å². The number of nitro groups is 1. The minimum Gasteiger partial charge on any atom is -0.481 e. The highest BCUT2D eigenvalue weighted by molar-refractivity contribution is 9.11. The normalized spacial score (nSPS) is 12.3. The van der Waals surface area contributed by atoms with Crippen LogP contribution in [0, 0.1) is 10.1 Å². The monoisotopic (exact) mass is 724 g/mol. The Hall–Kier alpha value is -2.60. The quantitative estimate of drug-likeness (QED) is 0.104. The van der Waals surface area contributed by atoms with Crippen LogP contribution in [0.15, 0.2) is 71.8 Å². The SMILES string of the molecule is CC[C@H](C)c1nc2ccc(Br)cc2c(=O)n1N=Cc1cc(Cl)c(OCc2ccc(Br)cc2Br)c([N+](=O)[O-])c1. The first-order valence-corrected chi connectivity index (χ1v) is 14.2. The molecule has 0 amide bonds. The molecule has 0 radical (unpaired) electrons. The Morgan fingerprint density at radius 3 is 2.55 bits per heavy atom. The first kappa shape index (κ1) is 28.4. The van der Waals surface area contributed by atoms with Crippen molar-refractivity contribution in [3.05, 3.63) is 104 Å². The summed E-state index contributed by atoms with van der Waals surface area (Å²) in [5.74, 6) is 0.377. The summed E-state index contributed by atoms with van der Waals surface area (Å²) >= 11 is 16.7. The van der Waals surface area contributed by atoms with Crippen LogP contribution < -0.4 is 10.3 Å². The maximum Gasteiger partial charge on any atom is 0.313 e. The van der Waals surface area contributed by atoms with Crippen LogP contribution in [0.25, 0.3) is 10.9 Å². The van der Waals surface area contributed by atoms with Crippen molar-refractivity contribution in [3.63, 3.8) is 0 Å². The third kappa shape index (κ3) is 6.17. The van der Waals surface area contributed by atoms with Gasteiger partial charge in [0.1, 0.15) is 12.4 Å². The van der Waals surface area contributed by atoms with Gasteiger partial charge in [0.2, 0.25) is 5.75 Å². The molecule has 0 N–H and O–H groups in total. The van der Waals surface area contributed by atoms with Crippen LogP contribution in [0.4, 0.5) is 5.69 Å². The van der Waals surface area contributed by atoms with Gasteiger partial charge in [-0.05, 0) is 42.8 Å². The van der Waals surface area contributed by atoms with E-state index in [4.69, 9.17) is 16.3 Å². The highest BCUT2D eigenvalue weighted by Gasteiger charge is 2.21. The first-order valence-electron chi connectivity index (χ1n) is 11.4. The molecular formula is C26H20Br3ClN4O4. The van der Waals surface area contributed by atoms with Gasteiger partial charge in [-0.3, -0.25) is 14.9 Å².